The molecule has 1 N–H and O–H groups in total. The highest BCUT2D eigenvalue weighted by Gasteiger charge is 2.22. The number of thioether (sulfide) groups is 1. The third-order valence-electron chi connectivity index (χ3n) is 3.19. The predicted octanol–water partition coefficient (Wildman–Crippen LogP) is 4.15. The van der Waals surface area contributed by atoms with E-state index in [4.69, 9.17) is 0 Å². The lowest BCUT2D eigenvalue weighted by molar-refractivity contribution is -0.136. The minimum atomic E-state index is -0.860. The smallest absolute Gasteiger partial charge is 0.321 e. The van der Waals surface area contributed by atoms with E-state index in [1.807, 2.05) is 60.7 Å². The monoisotopic (exact) mass is 295 g/mol. The Bertz CT molecular complexity index is 769. The highest BCUT2D eigenvalue weighted by molar-refractivity contribution is 8.00. The normalized spacial score (nSPS) is 12.2. The first-order valence-corrected chi connectivity index (χ1v) is 7.42. The van der Waals surface area contributed by atoms with Crippen molar-refractivity contribution in [2.45, 2.75) is 10.3 Å². The summed E-state index contributed by atoms with van der Waals surface area (Å²) in [6.45, 7) is 0. The SMILES string of the molecule is O=C(O)C(Sc1nccc2ccccc12)c1ccccc1. The van der Waals surface area contributed by atoms with Crippen LogP contribution < -0.4 is 0 Å². The fourth-order valence-corrected chi connectivity index (χ4v) is 3.24. The van der Waals surface area contributed by atoms with Crippen molar-refractivity contribution >= 4 is 28.5 Å². The number of benzene rings is 2. The standard InChI is InChI=1S/C17H13NO2S/c19-17(20)15(13-7-2-1-3-8-13)21-16-14-9-5-4-6-12(14)10-11-18-16/h1-11,15H,(H,19,20). The molecule has 0 bridgehead atoms. The van der Waals surface area contributed by atoms with Gasteiger partial charge in [-0.2, -0.15) is 0 Å². The summed E-state index contributed by atoms with van der Waals surface area (Å²) in [5.41, 5.74) is 0.768. The van der Waals surface area contributed by atoms with Crippen molar-refractivity contribution in [2.24, 2.45) is 0 Å². The van der Waals surface area contributed by atoms with E-state index < -0.39 is 11.2 Å². The highest BCUT2D eigenvalue weighted by atomic mass is 32.2. The number of carboxylic acid groups (broad SMARTS) is 1. The zero-order valence-electron chi connectivity index (χ0n) is 11.1. The van der Waals surface area contributed by atoms with Gasteiger partial charge >= 0.3 is 5.97 Å². The van der Waals surface area contributed by atoms with Crippen LogP contribution in [0.4, 0.5) is 0 Å². The number of aromatic nitrogens is 1. The molecule has 104 valence electrons. The summed E-state index contributed by atoms with van der Waals surface area (Å²) in [6.07, 6.45) is 1.72. The molecule has 4 heteroatoms. The van der Waals surface area contributed by atoms with Gasteiger partial charge in [0.1, 0.15) is 10.3 Å². The summed E-state index contributed by atoms with van der Waals surface area (Å²) >= 11 is 1.27. The Hall–Kier alpha value is -2.33. The lowest BCUT2D eigenvalue weighted by Gasteiger charge is -2.13. The second-order valence-electron chi connectivity index (χ2n) is 4.58. The first-order chi connectivity index (χ1) is 10.3. The Morgan fingerprint density at radius 2 is 1.71 bits per heavy atom. The van der Waals surface area contributed by atoms with Crippen LogP contribution in [0.25, 0.3) is 10.8 Å². The maximum absolute atomic E-state index is 11.6. The molecule has 0 spiro atoms. The van der Waals surface area contributed by atoms with E-state index in [0.29, 0.717) is 0 Å². The Labute approximate surface area is 126 Å². The molecule has 3 nitrogen and oxygen atoms in total. The summed E-state index contributed by atoms with van der Waals surface area (Å²) in [6, 6.07) is 19.0. The van der Waals surface area contributed by atoms with E-state index in [1.54, 1.807) is 6.20 Å². The van der Waals surface area contributed by atoms with Crippen LogP contribution in [0.2, 0.25) is 0 Å². The molecule has 0 saturated carbocycles. The Balaban J connectivity index is 2.01. The van der Waals surface area contributed by atoms with Crippen LogP contribution >= 0.6 is 11.8 Å². The molecule has 0 fully saturated rings. The fourth-order valence-electron chi connectivity index (χ4n) is 2.19. The van der Waals surface area contributed by atoms with E-state index in [9.17, 15) is 9.90 Å². The molecule has 1 heterocycles. The summed E-state index contributed by atoms with van der Waals surface area (Å²) in [4.78, 5) is 15.9. The summed E-state index contributed by atoms with van der Waals surface area (Å²) in [7, 11) is 0. The summed E-state index contributed by atoms with van der Waals surface area (Å²) in [5.74, 6) is -0.860. The molecule has 0 amide bonds. The summed E-state index contributed by atoms with van der Waals surface area (Å²) < 4.78 is 0. The second kappa shape index (κ2) is 5.97. The van der Waals surface area contributed by atoms with Crippen LogP contribution in [0.3, 0.4) is 0 Å². The number of hydrogen-bond acceptors (Lipinski definition) is 3. The molecule has 21 heavy (non-hydrogen) atoms. The van der Waals surface area contributed by atoms with Crippen molar-refractivity contribution < 1.29 is 9.90 Å². The van der Waals surface area contributed by atoms with Crippen molar-refractivity contribution in [2.75, 3.05) is 0 Å². The predicted molar refractivity (Wildman–Crippen MR) is 84.4 cm³/mol. The summed E-state index contributed by atoms with van der Waals surface area (Å²) in [5, 5.41) is 11.6. The molecule has 0 aliphatic heterocycles. The average molecular weight is 295 g/mol. The third-order valence-corrected chi connectivity index (χ3v) is 4.45. The van der Waals surface area contributed by atoms with Crippen LogP contribution in [0.5, 0.6) is 0 Å². The number of fused-ring (bicyclic) bond motifs is 1. The van der Waals surface area contributed by atoms with E-state index in [1.165, 1.54) is 11.8 Å². The van der Waals surface area contributed by atoms with Crippen LogP contribution in [-0.2, 0) is 4.79 Å². The lowest BCUT2D eigenvalue weighted by atomic mass is 10.1. The Morgan fingerprint density at radius 1 is 1.00 bits per heavy atom. The van der Waals surface area contributed by atoms with Crippen molar-refractivity contribution in [1.82, 2.24) is 4.98 Å². The molecule has 3 rings (SSSR count). The minimum absolute atomic E-state index is 0.662. The topological polar surface area (TPSA) is 50.2 Å². The van der Waals surface area contributed by atoms with Gasteiger partial charge < -0.3 is 5.11 Å². The van der Waals surface area contributed by atoms with Gasteiger partial charge in [0.2, 0.25) is 0 Å². The molecule has 3 aromatic rings. The third kappa shape index (κ3) is 2.90. The van der Waals surface area contributed by atoms with Gasteiger partial charge in [0.25, 0.3) is 0 Å². The maximum atomic E-state index is 11.6. The van der Waals surface area contributed by atoms with Crippen LogP contribution in [0.1, 0.15) is 10.8 Å². The van der Waals surface area contributed by atoms with Crippen molar-refractivity contribution in [3.8, 4) is 0 Å². The Morgan fingerprint density at radius 3 is 2.48 bits per heavy atom. The van der Waals surface area contributed by atoms with Gasteiger partial charge in [-0.05, 0) is 17.0 Å². The second-order valence-corrected chi connectivity index (χ2v) is 5.68. The Kier molecular flexibility index (Phi) is 3.88. The van der Waals surface area contributed by atoms with Gasteiger partial charge in [-0.15, -0.1) is 0 Å². The number of pyridine rings is 1. The van der Waals surface area contributed by atoms with Crippen LogP contribution in [0.15, 0.2) is 71.9 Å². The molecular formula is C17H13NO2S. The molecular weight excluding hydrogens is 282 g/mol. The van der Waals surface area contributed by atoms with Crippen molar-refractivity contribution in [3.05, 3.63) is 72.4 Å². The van der Waals surface area contributed by atoms with Gasteiger partial charge in [-0.3, -0.25) is 4.79 Å². The van der Waals surface area contributed by atoms with Gasteiger partial charge in [0, 0.05) is 11.6 Å². The van der Waals surface area contributed by atoms with E-state index in [0.717, 1.165) is 21.4 Å². The van der Waals surface area contributed by atoms with Crippen LogP contribution in [0, 0.1) is 0 Å². The molecule has 1 atom stereocenters. The maximum Gasteiger partial charge on any atom is 0.321 e. The fraction of sp³-hybridized carbons (Fsp3) is 0.0588. The number of carboxylic acids is 1. The van der Waals surface area contributed by atoms with Gasteiger partial charge in [0.05, 0.1) is 0 Å². The molecule has 0 saturated heterocycles. The first kappa shape index (κ1) is 13.6. The molecule has 0 radical (unpaired) electrons. The number of carbonyl (C=O) groups is 1. The largest absolute Gasteiger partial charge is 0.480 e. The molecule has 1 unspecified atom stereocenters. The average Bonchev–Trinajstić information content (AvgIpc) is 2.53. The minimum Gasteiger partial charge on any atom is -0.480 e. The quantitative estimate of drug-likeness (QED) is 0.734. The molecule has 1 aromatic heterocycles. The molecule has 0 aliphatic rings. The zero-order chi connectivity index (χ0) is 14.7. The number of nitrogens with zero attached hydrogens (tertiary/aromatic N) is 1. The first-order valence-electron chi connectivity index (χ1n) is 6.54. The van der Waals surface area contributed by atoms with Crippen molar-refractivity contribution in [3.63, 3.8) is 0 Å². The van der Waals surface area contributed by atoms with Gasteiger partial charge in [0.15, 0.2) is 0 Å². The number of rotatable bonds is 4. The van der Waals surface area contributed by atoms with Crippen molar-refractivity contribution in [1.29, 1.82) is 0 Å². The molecule has 2 aromatic carbocycles. The van der Waals surface area contributed by atoms with E-state index in [2.05, 4.69) is 4.98 Å². The zero-order valence-corrected chi connectivity index (χ0v) is 12.0. The van der Waals surface area contributed by atoms with E-state index in [-0.39, 0.29) is 0 Å². The van der Waals surface area contributed by atoms with Gasteiger partial charge in [-0.25, -0.2) is 4.98 Å². The van der Waals surface area contributed by atoms with E-state index >= 15 is 0 Å². The molecule has 0 aliphatic carbocycles. The van der Waals surface area contributed by atoms with Gasteiger partial charge in [-0.1, -0.05) is 66.4 Å². The highest BCUT2D eigenvalue weighted by Crippen LogP contribution is 2.37. The number of hydrogen-bond donors (Lipinski definition) is 1. The van der Waals surface area contributed by atoms with Crippen LogP contribution in [-0.4, -0.2) is 16.1 Å². The number of aliphatic carboxylic acids is 1. The lowest BCUT2D eigenvalue weighted by Crippen LogP contribution is -2.08.